The van der Waals surface area contributed by atoms with Crippen molar-refractivity contribution in [3.05, 3.63) is 0 Å². The third-order valence-corrected chi connectivity index (χ3v) is 3.90. The van der Waals surface area contributed by atoms with Crippen LogP contribution in [0.1, 0.15) is 27.2 Å². The van der Waals surface area contributed by atoms with Crippen molar-refractivity contribution < 1.29 is 9.90 Å². The molecular formula is C11H20O2. The fourth-order valence-electron chi connectivity index (χ4n) is 2.65. The van der Waals surface area contributed by atoms with Gasteiger partial charge in [-0.2, -0.15) is 0 Å². The molecule has 1 aliphatic carbocycles. The summed E-state index contributed by atoms with van der Waals surface area (Å²) in [5.74, 6) is 1.90. The Hall–Kier alpha value is -0.370. The number of aliphatic hydroxyl groups excluding tert-OH is 1. The maximum Gasteiger partial charge on any atom is 0.123 e. The number of carbonyl (C=O) groups is 1. The monoisotopic (exact) mass is 184 g/mol. The van der Waals surface area contributed by atoms with Crippen LogP contribution in [0, 0.1) is 29.6 Å². The number of aliphatic hydroxyl groups is 1. The second-order valence-electron chi connectivity index (χ2n) is 4.59. The number of hydrogen-bond acceptors (Lipinski definition) is 2. The van der Waals surface area contributed by atoms with Crippen LogP contribution in [0.2, 0.25) is 0 Å². The Labute approximate surface area is 80.3 Å². The van der Waals surface area contributed by atoms with Gasteiger partial charge in [0.1, 0.15) is 6.29 Å². The Balaban J connectivity index is 2.72. The van der Waals surface area contributed by atoms with Gasteiger partial charge in [-0.05, 0) is 30.1 Å². The van der Waals surface area contributed by atoms with E-state index in [4.69, 9.17) is 5.11 Å². The molecule has 1 N–H and O–H groups in total. The quantitative estimate of drug-likeness (QED) is 0.663. The molecule has 2 nitrogen and oxygen atoms in total. The summed E-state index contributed by atoms with van der Waals surface area (Å²) < 4.78 is 0. The lowest BCUT2D eigenvalue weighted by atomic mass is 9.64. The van der Waals surface area contributed by atoms with Gasteiger partial charge in [0, 0.05) is 12.5 Å². The highest BCUT2D eigenvalue weighted by atomic mass is 16.3. The van der Waals surface area contributed by atoms with E-state index in [1.54, 1.807) is 0 Å². The van der Waals surface area contributed by atoms with E-state index in [1.807, 2.05) is 0 Å². The van der Waals surface area contributed by atoms with Crippen LogP contribution in [0.5, 0.6) is 0 Å². The number of carbonyl (C=O) groups excluding carboxylic acids is 1. The lowest BCUT2D eigenvalue weighted by Gasteiger charge is -2.40. The highest BCUT2D eigenvalue weighted by Crippen LogP contribution is 2.40. The first-order chi connectivity index (χ1) is 6.11. The van der Waals surface area contributed by atoms with E-state index in [-0.39, 0.29) is 12.5 Å². The fourth-order valence-corrected chi connectivity index (χ4v) is 2.65. The molecule has 0 aliphatic heterocycles. The van der Waals surface area contributed by atoms with Crippen molar-refractivity contribution >= 4 is 6.29 Å². The molecular weight excluding hydrogens is 164 g/mol. The summed E-state index contributed by atoms with van der Waals surface area (Å²) in [6.07, 6.45) is 2.09. The molecule has 0 aromatic carbocycles. The maximum absolute atomic E-state index is 10.9. The third-order valence-electron chi connectivity index (χ3n) is 3.90. The largest absolute Gasteiger partial charge is 0.396 e. The lowest BCUT2D eigenvalue weighted by molar-refractivity contribution is -0.117. The topological polar surface area (TPSA) is 37.3 Å². The molecule has 76 valence electrons. The van der Waals surface area contributed by atoms with E-state index in [1.165, 1.54) is 0 Å². The Morgan fingerprint density at radius 3 is 2.38 bits per heavy atom. The normalized spacial score (nSPS) is 46.0. The minimum Gasteiger partial charge on any atom is -0.396 e. The maximum atomic E-state index is 10.9. The molecule has 1 saturated carbocycles. The second-order valence-corrected chi connectivity index (χ2v) is 4.59. The van der Waals surface area contributed by atoms with Crippen molar-refractivity contribution in [3.63, 3.8) is 0 Å². The first kappa shape index (κ1) is 10.7. The first-order valence-electron chi connectivity index (χ1n) is 5.18. The number of hydrogen-bond donors (Lipinski definition) is 1. The van der Waals surface area contributed by atoms with E-state index in [0.717, 1.165) is 12.7 Å². The Kier molecular flexibility index (Phi) is 3.48. The third kappa shape index (κ3) is 1.93. The van der Waals surface area contributed by atoms with Crippen molar-refractivity contribution in [1.82, 2.24) is 0 Å². The Morgan fingerprint density at radius 1 is 1.31 bits per heavy atom. The average molecular weight is 184 g/mol. The zero-order valence-electron chi connectivity index (χ0n) is 8.73. The molecule has 0 spiro atoms. The van der Waals surface area contributed by atoms with Gasteiger partial charge in [0.15, 0.2) is 0 Å². The van der Waals surface area contributed by atoms with Crippen molar-refractivity contribution in [2.24, 2.45) is 29.6 Å². The van der Waals surface area contributed by atoms with E-state index in [0.29, 0.717) is 23.7 Å². The van der Waals surface area contributed by atoms with Crippen molar-refractivity contribution in [2.75, 3.05) is 6.61 Å². The molecule has 0 aromatic heterocycles. The van der Waals surface area contributed by atoms with Crippen molar-refractivity contribution in [2.45, 2.75) is 27.2 Å². The van der Waals surface area contributed by atoms with Gasteiger partial charge >= 0.3 is 0 Å². The highest BCUT2D eigenvalue weighted by molar-refractivity contribution is 5.54. The van der Waals surface area contributed by atoms with Crippen molar-refractivity contribution in [1.29, 1.82) is 0 Å². The molecule has 1 fully saturated rings. The molecule has 0 aromatic rings. The van der Waals surface area contributed by atoms with Gasteiger partial charge in [0.2, 0.25) is 0 Å². The van der Waals surface area contributed by atoms with Gasteiger partial charge in [-0.3, -0.25) is 0 Å². The predicted molar refractivity (Wildman–Crippen MR) is 52.2 cm³/mol. The fraction of sp³-hybridized carbons (Fsp3) is 0.909. The van der Waals surface area contributed by atoms with E-state index >= 15 is 0 Å². The van der Waals surface area contributed by atoms with Crippen LogP contribution in [-0.4, -0.2) is 18.0 Å². The predicted octanol–water partition coefficient (Wildman–Crippen LogP) is 1.72. The molecule has 0 heterocycles. The van der Waals surface area contributed by atoms with Crippen LogP contribution in [0.15, 0.2) is 0 Å². The van der Waals surface area contributed by atoms with Crippen molar-refractivity contribution in [3.8, 4) is 0 Å². The van der Waals surface area contributed by atoms with E-state index in [2.05, 4.69) is 20.8 Å². The zero-order chi connectivity index (χ0) is 10.0. The van der Waals surface area contributed by atoms with Gasteiger partial charge in [-0.1, -0.05) is 20.8 Å². The van der Waals surface area contributed by atoms with Crippen LogP contribution in [0.25, 0.3) is 0 Å². The second kappa shape index (κ2) is 4.23. The summed E-state index contributed by atoms with van der Waals surface area (Å²) >= 11 is 0. The minimum atomic E-state index is 0.192. The minimum absolute atomic E-state index is 0.192. The standard InChI is InChI=1S/C11H20O2/c1-7-4-10(5-12)8(2)9(3)11(7)6-13/h6-12H,4-5H2,1-3H3. The average Bonchev–Trinajstić information content (AvgIpc) is 2.12. The molecule has 0 amide bonds. The van der Waals surface area contributed by atoms with Crippen LogP contribution >= 0.6 is 0 Å². The lowest BCUT2D eigenvalue weighted by Crippen LogP contribution is -2.38. The van der Waals surface area contributed by atoms with Gasteiger partial charge in [-0.15, -0.1) is 0 Å². The molecule has 5 atom stereocenters. The van der Waals surface area contributed by atoms with E-state index in [9.17, 15) is 4.79 Å². The van der Waals surface area contributed by atoms with Crippen LogP contribution in [-0.2, 0) is 4.79 Å². The molecule has 0 saturated heterocycles. The molecule has 2 heteroatoms. The molecule has 1 rings (SSSR count). The van der Waals surface area contributed by atoms with Gasteiger partial charge in [0.25, 0.3) is 0 Å². The smallest absolute Gasteiger partial charge is 0.123 e. The Morgan fingerprint density at radius 2 is 1.92 bits per heavy atom. The zero-order valence-corrected chi connectivity index (χ0v) is 8.73. The SMILES string of the molecule is CC1CC(CO)C(C)C(C)C1C=O. The van der Waals surface area contributed by atoms with Crippen LogP contribution in [0.3, 0.4) is 0 Å². The number of rotatable bonds is 2. The summed E-state index contributed by atoms with van der Waals surface area (Å²) in [6.45, 7) is 6.65. The molecule has 1 aliphatic rings. The van der Waals surface area contributed by atoms with Gasteiger partial charge in [0.05, 0.1) is 0 Å². The van der Waals surface area contributed by atoms with Gasteiger partial charge in [-0.25, -0.2) is 0 Å². The van der Waals surface area contributed by atoms with Crippen LogP contribution in [0.4, 0.5) is 0 Å². The summed E-state index contributed by atoms with van der Waals surface area (Å²) in [4.78, 5) is 10.9. The first-order valence-corrected chi connectivity index (χ1v) is 5.18. The summed E-state index contributed by atoms with van der Waals surface area (Å²) in [6, 6.07) is 0. The van der Waals surface area contributed by atoms with Gasteiger partial charge < -0.3 is 9.90 Å². The summed E-state index contributed by atoms with van der Waals surface area (Å²) in [5.41, 5.74) is 0. The van der Waals surface area contributed by atoms with E-state index < -0.39 is 0 Å². The summed E-state index contributed by atoms with van der Waals surface area (Å²) in [7, 11) is 0. The number of aldehydes is 1. The van der Waals surface area contributed by atoms with Crippen LogP contribution < -0.4 is 0 Å². The Bertz CT molecular complexity index is 179. The molecule has 13 heavy (non-hydrogen) atoms. The molecule has 5 unspecified atom stereocenters. The molecule has 0 bridgehead atoms. The summed E-state index contributed by atoms with van der Waals surface area (Å²) in [5, 5.41) is 9.17. The molecule has 0 radical (unpaired) electrons. The highest BCUT2D eigenvalue weighted by Gasteiger charge is 2.37.